The first kappa shape index (κ1) is 10.4. The van der Waals surface area contributed by atoms with Crippen LogP contribution in [0, 0.1) is 0 Å². The maximum absolute atomic E-state index is 11.7. The summed E-state index contributed by atoms with van der Waals surface area (Å²) in [6.45, 7) is 2.51. The minimum Gasteiger partial charge on any atom is -0.447 e. The second-order valence-electron chi connectivity index (χ2n) is 3.94. The monoisotopic (exact) mass is 213 g/mol. The van der Waals surface area contributed by atoms with Crippen LogP contribution >= 0.6 is 0 Å². The number of carbonyl (C=O) groups is 2. The van der Waals surface area contributed by atoms with Gasteiger partial charge in [-0.3, -0.25) is 9.69 Å². The third kappa shape index (κ3) is 2.27. The number of rotatable bonds is 2. The van der Waals surface area contributed by atoms with Crippen molar-refractivity contribution in [2.75, 3.05) is 32.8 Å². The van der Waals surface area contributed by atoms with Gasteiger partial charge in [0.2, 0.25) is 5.91 Å². The van der Waals surface area contributed by atoms with Gasteiger partial charge in [0.25, 0.3) is 0 Å². The highest BCUT2D eigenvalue weighted by atomic mass is 16.6. The molecule has 2 saturated heterocycles. The van der Waals surface area contributed by atoms with E-state index in [0.717, 1.165) is 24.4 Å². The number of carbonyl (C=O) groups excluding carboxylic acids is 2. The molecule has 0 unspecified atom stereocenters. The minimum atomic E-state index is -0.525. The van der Waals surface area contributed by atoms with Gasteiger partial charge >= 0.3 is 6.09 Å². The lowest BCUT2D eigenvalue weighted by Crippen LogP contribution is -2.40. The van der Waals surface area contributed by atoms with Crippen LogP contribution in [0.1, 0.15) is 6.42 Å². The Kier molecular flexibility index (Phi) is 2.88. The number of imide groups is 1. The number of nitrogens with zero attached hydrogens (tertiary/aromatic N) is 2. The van der Waals surface area contributed by atoms with E-state index in [1.807, 2.05) is 4.90 Å². The van der Waals surface area contributed by atoms with Crippen LogP contribution in [0.25, 0.3) is 0 Å². The van der Waals surface area contributed by atoms with E-state index in [1.165, 1.54) is 0 Å². The fourth-order valence-corrected chi connectivity index (χ4v) is 1.90. The number of likely N-dealkylation sites (tertiary alicyclic amines) is 1. The zero-order valence-electron chi connectivity index (χ0n) is 8.52. The van der Waals surface area contributed by atoms with Gasteiger partial charge < -0.3 is 10.5 Å². The molecule has 2 N–H and O–H groups in total. The number of cyclic esters (lactones) is 1. The zero-order valence-corrected chi connectivity index (χ0v) is 8.52. The van der Waals surface area contributed by atoms with E-state index >= 15 is 0 Å². The topological polar surface area (TPSA) is 75.9 Å². The van der Waals surface area contributed by atoms with Crippen LogP contribution in [-0.2, 0) is 9.53 Å². The molecule has 6 heteroatoms. The Bertz CT molecular complexity index is 282. The molecule has 2 fully saturated rings. The fourth-order valence-electron chi connectivity index (χ4n) is 1.90. The highest BCUT2D eigenvalue weighted by Gasteiger charge is 2.30. The summed E-state index contributed by atoms with van der Waals surface area (Å²) in [6.07, 6.45) is 0.390. The van der Waals surface area contributed by atoms with E-state index in [1.54, 1.807) is 0 Å². The van der Waals surface area contributed by atoms with Crippen molar-refractivity contribution in [1.82, 2.24) is 9.80 Å². The molecule has 0 aromatic rings. The molecule has 0 aromatic heterocycles. The van der Waals surface area contributed by atoms with E-state index in [-0.39, 0.29) is 18.5 Å². The Balaban J connectivity index is 1.84. The van der Waals surface area contributed by atoms with Gasteiger partial charge in [0.15, 0.2) is 0 Å². The van der Waals surface area contributed by atoms with E-state index in [4.69, 9.17) is 10.5 Å². The van der Waals surface area contributed by atoms with Crippen molar-refractivity contribution in [3.63, 3.8) is 0 Å². The summed E-state index contributed by atoms with van der Waals surface area (Å²) in [5.74, 6) is -0.188. The molecule has 0 spiro atoms. The molecular weight excluding hydrogens is 198 g/mol. The Labute approximate surface area is 87.9 Å². The lowest BCUT2D eigenvalue weighted by atomic mass is 10.3. The lowest BCUT2D eigenvalue weighted by Gasteiger charge is -2.17. The normalized spacial score (nSPS) is 27.1. The Morgan fingerprint density at radius 1 is 1.53 bits per heavy atom. The molecular formula is C9H15N3O3. The van der Waals surface area contributed by atoms with Gasteiger partial charge in [-0.05, 0) is 6.42 Å². The van der Waals surface area contributed by atoms with Crippen molar-refractivity contribution < 1.29 is 14.3 Å². The lowest BCUT2D eigenvalue weighted by molar-refractivity contribution is -0.128. The molecule has 15 heavy (non-hydrogen) atoms. The fraction of sp³-hybridized carbons (Fsp3) is 0.778. The number of hydrogen-bond acceptors (Lipinski definition) is 5. The summed E-state index contributed by atoms with van der Waals surface area (Å²) in [7, 11) is 0. The van der Waals surface area contributed by atoms with Crippen molar-refractivity contribution in [3.05, 3.63) is 0 Å². The van der Waals surface area contributed by atoms with Gasteiger partial charge in [0.05, 0.1) is 13.1 Å². The Hall–Kier alpha value is -1.14. The highest BCUT2D eigenvalue weighted by molar-refractivity contribution is 5.94. The van der Waals surface area contributed by atoms with E-state index < -0.39 is 6.09 Å². The third-order valence-electron chi connectivity index (χ3n) is 2.73. The van der Waals surface area contributed by atoms with Gasteiger partial charge in [-0.25, -0.2) is 9.69 Å². The first-order chi connectivity index (χ1) is 7.16. The average Bonchev–Trinajstić information content (AvgIpc) is 2.75. The quantitative estimate of drug-likeness (QED) is 0.636. The molecule has 0 radical (unpaired) electrons. The molecule has 2 rings (SSSR count). The summed E-state index contributed by atoms with van der Waals surface area (Å²) in [6, 6.07) is 0.156. The van der Waals surface area contributed by atoms with Crippen molar-refractivity contribution in [2.24, 2.45) is 5.73 Å². The van der Waals surface area contributed by atoms with Crippen LogP contribution in [-0.4, -0.2) is 60.6 Å². The first-order valence-corrected chi connectivity index (χ1v) is 5.12. The predicted octanol–water partition coefficient (Wildman–Crippen LogP) is -1.00. The van der Waals surface area contributed by atoms with Gasteiger partial charge in [-0.2, -0.15) is 0 Å². The predicted molar refractivity (Wildman–Crippen MR) is 52.1 cm³/mol. The van der Waals surface area contributed by atoms with Crippen molar-refractivity contribution in [2.45, 2.75) is 12.5 Å². The van der Waals surface area contributed by atoms with Crippen LogP contribution in [0.4, 0.5) is 4.79 Å². The second-order valence-corrected chi connectivity index (χ2v) is 3.94. The summed E-state index contributed by atoms with van der Waals surface area (Å²) >= 11 is 0. The van der Waals surface area contributed by atoms with Crippen LogP contribution in [0.15, 0.2) is 0 Å². The minimum absolute atomic E-state index is 0.156. The summed E-state index contributed by atoms with van der Waals surface area (Å²) in [5.41, 5.74) is 5.72. The van der Waals surface area contributed by atoms with E-state index in [2.05, 4.69) is 0 Å². The molecule has 0 bridgehead atoms. The number of hydrogen-bond donors (Lipinski definition) is 1. The molecule has 0 saturated carbocycles. The highest BCUT2D eigenvalue weighted by Crippen LogP contribution is 2.09. The molecule has 0 aromatic carbocycles. The summed E-state index contributed by atoms with van der Waals surface area (Å²) in [4.78, 5) is 25.9. The molecule has 84 valence electrons. The molecule has 0 aliphatic carbocycles. The Morgan fingerprint density at radius 2 is 2.33 bits per heavy atom. The maximum Gasteiger partial charge on any atom is 0.416 e. The van der Waals surface area contributed by atoms with Crippen LogP contribution in [0.3, 0.4) is 0 Å². The Morgan fingerprint density at radius 3 is 2.87 bits per heavy atom. The van der Waals surface area contributed by atoms with Crippen molar-refractivity contribution in [3.8, 4) is 0 Å². The van der Waals surface area contributed by atoms with Crippen LogP contribution < -0.4 is 5.73 Å². The molecule has 6 nitrogen and oxygen atoms in total. The summed E-state index contributed by atoms with van der Waals surface area (Å²) < 4.78 is 4.70. The van der Waals surface area contributed by atoms with Crippen molar-refractivity contribution in [1.29, 1.82) is 0 Å². The van der Waals surface area contributed by atoms with Gasteiger partial charge in [-0.1, -0.05) is 0 Å². The number of ether oxygens (including phenoxy) is 1. The molecule has 2 heterocycles. The van der Waals surface area contributed by atoms with Gasteiger partial charge in [0.1, 0.15) is 6.61 Å². The average molecular weight is 213 g/mol. The van der Waals surface area contributed by atoms with E-state index in [0.29, 0.717) is 13.2 Å². The van der Waals surface area contributed by atoms with Gasteiger partial charge in [0, 0.05) is 19.1 Å². The second kappa shape index (κ2) is 4.16. The molecule has 1 atom stereocenters. The van der Waals surface area contributed by atoms with Gasteiger partial charge in [-0.15, -0.1) is 0 Å². The third-order valence-corrected chi connectivity index (χ3v) is 2.73. The summed E-state index contributed by atoms with van der Waals surface area (Å²) in [5, 5.41) is 0. The molecule has 2 aliphatic heterocycles. The largest absolute Gasteiger partial charge is 0.447 e. The van der Waals surface area contributed by atoms with Crippen LogP contribution in [0.5, 0.6) is 0 Å². The zero-order chi connectivity index (χ0) is 10.8. The maximum atomic E-state index is 11.7. The molecule has 2 amide bonds. The SMILES string of the molecule is N[C@@H]1CCN(CC(=O)N2CCOC2=O)C1. The number of nitrogens with two attached hydrogens (primary N) is 1. The molecule has 2 aliphatic rings. The van der Waals surface area contributed by atoms with Crippen LogP contribution in [0.2, 0.25) is 0 Å². The van der Waals surface area contributed by atoms with E-state index in [9.17, 15) is 9.59 Å². The smallest absolute Gasteiger partial charge is 0.416 e. The number of amides is 2. The first-order valence-electron chi connectivity index (χ1n) is 5.12. The van der Waals surface area contributed by atoms with Crippen molar-refractivity contribution >= 4 is 12.0 Å². The standard InChI is InChI=1S/C9H15N3O3/c10-7-1-2-11(5-7)6-8(13)12-3-4-15-9(12)14/h7H,1-6,10H2/t7-/m1/s1.